The molecule has 0 spiro atoms. The number of aliphatic hydroxyl groups excluding tert-OH is 2. The van der Waals surface area contributed by atoms with Crippen LogP contribution in [0.5, 0.6) is 11.5 Å². The molecule has 2 aromatic rings. The minimum absolute atomic E-state index is 0.174. The van der Waals surface area contributed by atoms with E-state index in [0.29, 0.717) is 24.7 Å². The van der Waals surface area contributed by atoms with Gasteiger partial charge in [-0.2, -0.15) is 0 Å². The Kier molecular flexibility index (Phi) is 11.6. The van der Waals surface area contributed by atoms with Crippen LogP contribution in [-0.4, -0.2) is 62.1 Å². The minimum Gasteiger partial charge on any atom is -0.491 e. The van der Waals surface area contributed by atoms with E-state index in [1.54, 1.807) is 0 Å². The number of rotatable bonds is 16. The van der Waals surface area contributed by atoms with Crippen molar-refractivity contribution in [2.75, 3.05) is 39.6 Å². The van der Waals surface area contributed by atoms with Gasteiger partial charge in [-0.25, -0.2) is 0 Å². The number of aliphatic hydroxyl groups is 2. The summed E-state index contributed by atoms with van der Waals surface area (Å²) in [5.74, 6) is 1.38. The van der Waals surface area contributed by atoms with E-state index in [-0.39, 0.29) is 26.4 Å². The third-order valence-corrected chi connectivity index (χ3v) is 4.59. The fraction of sp³-hybridized carbons (Fsp3) is 0.583. The van der Waals surface area contributed by atoms with Crippen molar-refractivity contribution in [1.82, 2.24) is 0 Å². The molecule has 0 fully saturated rings. The van der Waals surface area contributed by atoms with E-state index in [1.165, 1.54) is 0 Å². The van der Waals surface area contributed by atoms with Crippen LogP contribution in [0.4, 0.5) is 0 Å². The van der Waals surface area contributed by atoms with Crippen molar-refractivity contribution in [1.29, 1.82) is 0 Å². The molecule has 2 aromatic carbocycles. The van der Waals surface area contributed by atoms with Crippen molar-refractivity contribution < 1.29 is 29.2 Å². The normalized spacial score (nSPS) is 13.3. The van der Waals surface area contributed by atoms with Crippen molar-refractivity contribution >= 4 is 10.8 Å². The number of fused-ring (bicyclic) bond motifs is 1. The first kappa shape index (κ1) is 24.4. The topological polar surface area (TPSA) is 77.4 Å². The van der Waals surface area contributed by atoms with Gasteiger partial charge in [0.05, 0.1) is 13.2 Å². The van der Waals surface area contributed by atoms with E-state index in [2.05, 4.69) is 13.8 Å². The molecule has 0 aliphatic heterocycles. The molecule has 0 saturated heterocycles. The van der Waals surface area contributed by atoms with Gasteiger partial charge in [0.15, 0.2) is 0 Å². The fourth-order valence-electron chi connectivity index (χ4n) is 2.85. The summed E-state index contributed by atoms with van der Waals surface area (Å²) < 4.78 is 22.4. The Morgan fingerprint density at radius 1 is 0.767 bits per heavy atom. The lowest BCUT2D eigenvalue weighted by molar-refractivity contribution is 0.0113. The van der Waals surface area contributed by atoms with Gasteiger partial charge < -0.3 is 29.2 Å². The Morgan fingerprint density at radius 3 is 2.03 bits per heavy atom. The summed E-state index contributed by atoms with van der Waals surface area (Å²) in [4.78, 5) is 0. The molecular weight excluding hydrogens is 384 g/mol. The summed E-state index contributed by atoms with van der Waals surface area (Å²) in [6.45, 7) is 6.42. The Bertz CT molecular complexity index is 720. The lowest BCUT2D eigenvalue weighted by Crippen LogP contribution is -2.24. The smallest absolute Gasteiger partial charge is 0.127 e. The molecule has 2 atom stereocenters. The molecule has 168 valence electrons. The molecule has 0 heterocycles. The maximum Gasteiger partial charge on any atom is 0.127 e. The van der Waals surface area contributed by atoms with E-state index >= 15 is 0 Å². The lowest BCUT2D eigenvalue weighted by Gasteiger charge is -2.15. The van der Waals surface area contributed by atoms with E-state index in [4.69, 9.17) is 18.9 Å². The third kappa shape index (κ3) is 8.88. The highest BCUT2D eigenvalue weighted by Gasteiger charge is 2.10. The van der Waals surface area contributed by atoms with Gasteiger partial charge in [-0.15, -0.1) is 0 Å². The van der Waals surface area contributed by atoms with Gasteiger partial charge in [0.25, 0.3) is 0 Å². The highest BCUT2D eigenvalue weighted by atomic mass is 16.5. The highest BCUT2D eigenvalue weighted by molar-refractivity contribution is 5.89. The van der Waals surface area contributed by atoms with Crippen LogP contribution < -0.4 is 9.47 Å². The Balaban J connectivity index is 1.84. The van der Waals surface area contributed by atoms with Crippen LogP contribution in [0.15, 0.2) is 36.4 Å². The van der Waals surface area contributed by atoms with Gasteiger partial charge in [0.2, 0.25) is 0 Å². The highest BCUT2D eigenvalue weighted by Crippen LogP contribution is 2.29. The van der Waals surface area contributed by atoms with E-state index in [0.717, 1.165) is 36.5 Å². The Labute approximate surface area is 179 Å². The number of hydrogen-bond donors (Lipinski definition) is 2. The average Bonchev–Trinajstić information content (AvgIpc) is 2.76. The van der Waals surface area contributed by atoms with Crippen LogP contribution >= 0.6 is 0 Å². The SMILES string of the molecule is CCCCOCC(O)COc1ccc2c(OCC(O)COCCCC)cccc2c1. The zero-order valence-corrected chi connectivity index (χ0v) is 18.2. The van der Waals surface area contributed by atoms with Crippen molar-refractivity contribution in [2.45, 2.75) is 51.7 Å². The average molecular weight is 421 g/mol. The zero-order valence-electron chi connectivity index (χ0n) is 18.2. The van der Waals surface area contributed by atoms with Crippen LogP contribution in [-0.2, 0) is 9.47 Å². The molecule has 2 unspecified atom stereocenters. The number of hydrogen-bond acceptors (Lipinski definition) is 6. The van der Waals surface area contributed by atoms with Crippen molar-refractivity contribution in [3.8, 4) is 11.5 Å². The van der Waals surface area contributed by atoms with Crippen LogP contribution in [0.3, 0.4) is 0 Å². The third-order valence-electron chi connectivity index (χ3n) is 4.59. The second-order valence-corrected chi connectivity index (χ2v) is 7.43. The molecular formula is C24H36O6. The Morgan fingerprint density at radius 2 is 1.40 bits per heavy atom. The summed E-state index contributed by atoms with van der Waals surface area (Å²) >= 11 is 0. The lowest BCUT2D eigenvalue weighted by atomic mass is 10.1. The van der Waals surface area contributed by atoms with E-state index in [9.17, 15) is 10.2 Å². The fourth-order valence-corrected chi connectivity index (χ4v) is 2.85. The first-order chi connectivity index (χ1) is 14.6. The molecule has 0 radical (unpaired) electrons. The van der Waals surface area contributed by atoms with E-state index in [1.807, 2.05) is 36.4 Å². The van der Waals surface area contributed by atoms with Crippen LogP contribution in [0.25, 0.3) is 10.8 Å². The van der Waals surface area contributed by atoms with Gasteiger partial charge >= 0.3 is 0 Å². The number of unbranched alkanes of at least 4 members (excludes halogenated alkanes) is 2. The standard InChI is InChI=1S/C24H36O6/c1-3-5-12-27-15-20(25)17-29-22-10-11-23-19(14-22)8-7-9-24(23)30-18-21(26)16-28-13-6-4-2/h7-11,14,20-21,25-26H,3-6,12-13,15-18H2,1-2H3. The van der Waals surface area contributed by atoms with Gasteiger partial charge in [0, 0.05) is 18.6 Å². The Hall–Kier alpha value is -1.86. The second kappa shape index (κ2) is 14.2. The molecule has 0 aliphatic rings. The van der Waals surface area contributed by atoms with Crippen molar-refractivity contribution in [2.24, 2.45) is 0 Å². The van der Waals surface area contributed by atoms with Gasteiger partial charge in [-0.05, 0) is 42.5 Å². The van der Waals surface area contributed by atoms with Crippen molar-refractivity contribution in [3.63, 3.8) is 0 Å². The van der Waals surface area contributed by atoms with Crippen LogP contribution in [0, 0.1) is 0 Å². The molecule has 0 saturated carbocycles. The monoisotopic (exact) mass is 420 g/mol. The predicted octanol–water partition coefficient (Wildman–Crippen LogP) is 3.95. The zero-order chi connectivity index (χ0) is 21.6. The molecule has 2 rings (SSSR count). The molecule has 6 nitrogen and oxygen atoms in total. The molecule has 2 N–H and O–H groups in total. The predicted molar refractivity (Wildman–Crippen MR) is 118 cm³/mol. The molecule has 0 aromatic heterocycles. The molecule has 30 heavy (non-hydrogen) atoms. The summed E-state index contributed by atoms with van der Waals surface area (Å²) in [7, 11) is 0. The molecule has 6 heteroatoms. The largest absolute Gasteiger partial charge is 0.491 e. The van der Waals surface area contributed by atoms with Gasteiger partial charge in [-0.1, -0.05) is 38.8 Å². The molecule has 0 amide bonds. The van der Waals surface area contributed by atoms with Gasteiger partial charge in [0.1, 0.15) is 36.9 Å². The number of benzene rings is 2. The molecule has 0 aliphatic carbocycles. The summed E-state index contributed by atoms with van der Waals surface area (Å²) in [6, 6.07) is 11.5. The summed E-state index contributed by atoms with van der Waals surface area (Å²) in [6.07, 6.45) is 2.80. The van der Waals surface area contributed by atoms with Crippen LogP contribution in [0.2, 0.25) is 0 Å². The summed E-state index contributed by atoms with van der Waals surface area (Å²) in [5, 5.41) is 21.9. The number of ether oxygens (including phenoxy) is 4. The van der Waals surface area contributed by atoms with Gasteiger partial charge in [-0.3, -0.25) is 0 Å². The first-order valence-electron chi connectivity index (χ1n) is 10.9. The quantitative estimate of drug-likeness (QED) is 0.401. The maximum atomic E-state index is 10.0. The first-order valence-corrected chi connectivity index (χ1v) is 10.9. The molecule has 0 bridgehead atoms. The maximum absolute atomic E-state index is 10.0. The van der Waals surface area contributed by atoms with Crippen LogP contribution in [0.1, 0.15) is 39.5 Å². The van der Waals surface area contributed by atoms with E-state index < -0.39 is 12.2 Å². The van der Waals surface area contributed by atoms with Crippen molar-refractivity contribution in [3.05, 3.63) is 36.4 Å². The minimum atomic E-state index is -0.666. The second-order valence-electron chi connectivity index (χ2n) is 7.43. The summed E-state index contributed by atoms with van der Waals surface area (Å²) in [5.41, 5.74) is 0.